The summed E-state index contributed by atoms with van der Waals surface area (Å²) in [6.45, 7) is 21.6. The zero-order chi connectivity index (χ0) is 41.0. The van der Waals surface area contributed by atoms with Gasteiger partial charge in [-0.1, -0.05) is 105 Å². The van der Waals surface area contributed by atoms with Crippen LogP contribution >= 0.6 is 15.6 Å². The van der Waals surface area contributed by atoms with Crippen LogP contribution in [0, 0.1) is 0 Å². The van der Waals surface area contributed by atoms with E-state index in [-0.39, 0.29) is 6.61 Å². The van der Waals surface area contributed by atoms with Gasteiger partial charge in [-0.05, 0) is 172 Å². The molecule has 0 radical (unpaired) electrons. The summed E-state index contributed by atoms with van der Waals surface area (Å²) in [6, 6.07) is 0. The first kappa shape index (κ1) is 51.9. The molecule has 0 aromatic rings. The number of phosphoric ester groups is 1. The SMILES string of the molecule is CC(C)=CCC/C(C)=C/CC/C(C)=C/CC/C(C)=C\CC/C(C)=C/CC/C(C)=C/CC/C(C)=C/CC/C(C)=C\CC/C(C)=C/COP(=O)(O)OP(=O)(O)O. The first-order valence-electron chi connectivity index (χ1n) is 19.9. The third kappa shape index (κ3) is 34.4. The molecular weight excluding hydrogens is 714 g/mol. The van der Waals surface area contributed by atoms with Crippen molar-refractivity contribution in [2.75, 3.05) is 6.61 Å². The quantitative estimate of drug-likeness (QED) is 0.0511. The molecule has 54 heavy (non-hydrogen) atoms. The summed E-state index contributed by atoms with van der Waals surface area (Å²) in [6.07, 6.45) is 37.7. The largest absolute Gasteiger partial charge is 0.481 e. The summed E-state index contributed by atoms with van der Waals surface area (Å²) >= 11 is 0. The second kappa shape index (κ2) is 30.1. The van der Waals surface area contributed by atoms with Crippen LogP contribution in [0.1, 0.15) is 172 Å². The molecule has 0 aliphatic heterocycles. The fourth-order valence-corrected chi connectivity index (χ4v) is 7.19. The molecule has 0 heterocycles. The molecule has 1 unspecified atom stereocenters. The van der Waals surface area contributed by atoms with Crippen molar-refractivity contribution in [1.29, 1.82) is 0 Å². The number of hydrogen-bond donors (Lipinski definition) is 3. The van der Waals surface area contributed by atoms with Crippen LogP contribution in [-0.2, 0) is 18.0 Å². The van der Waals surface area contributed by atoms with E-state index in [0.29, 0.717) is 0 Å². The Labute approximate surface area is 330 Å². The van der Waals surface area contributed by atoms with Crippen molar-refractivity contribution in [3.63, 3.8) is 0 Å². The second-order valence-electron chi connectivity index (χ2n) is 15.3. The van der Waals surface area contributed by atoms with Gasteiger partial charge < -0.3 is 14.7 Å². The molecule has 9 heteroatoms. The molecule has 0 spiro atoms. The Balaban J connectivity index is 4.29. The summed E-state index contributed by atoms with van der Waals surface area (Å²) < 4.78 is 30.6. The lowest BCUT2D eigenvalue weighted by Gasteiger charge is -2.11. The smallest absolute Gasteiger partial charge is 0.302 e. The lowest BCUT2D eigenvalue weighted by molar-refractivity contribution is 0.191. The van der Waals surface area contributed by atoms with E-state index < -0.39 is 15.6 Å². The average Bonchev–Trinajstić information content (AvgIpc) is 3.03. The Morgan fingerprint density at radius 2 is 0.611 bits per heavy atom. The summed E-state index contributed by atoms with van der Waals surface area (Å²) in [7, 11) is -9.91. The third-order valence-corrected chi connectivity index (χ3v) is 11.3. The van der Waals surface area contributed by atoms with Crippen molar-refractivity contribution >= 4 is 15.6 Å². The summed E-state index contributed by atoms with van der Waals surface area (Å²) in [5, 5.41) is 0. The number of allylic oxidation sites excluding steroid dienone is 17. The van der Waals surface area contributed by atoms with Gasteiger partial charge in [0, 0.05) is 0 Å². The van der Waals surface area contributed by atoms with Gasteiger partial charge in [0.1, 0.15) is 0 Å². The molecule has 0 aliphatic rings. The van der Waals surface area contributed by atoms with Gasteiger partial charge >= 0.3 is 15.6 Å². The van der Waals surface area contributed by atoms with E-state index in [1.165, 1.54) is 51.0 Å². The minimum absolute atomic E-state index is 0.272. The van der Waals surface area contributed by atoms with Gasteiger partial charge in [0.2, 0.25) is 0 Å². The molecule has 0 saturated heterocycles. The fraction of sp³-hybridized carbons (Fsp3) is 0.600. The highest BCUT2D eigenvalue weighted by atomic mass is 31.3. The van der Waals surface area contributed by atoms with Gasteiger partial charge in [-0.15, -0.1) is 0 Å². The van der Waals surface area contributed by atoms with Gasteiger partial charge in [0.25, 0.3) is 0 Å². The summed E-state index contributed by atoms with van der Waals surface area (Å²) in [4.78, 5) is 26.6. The van der Waals surface area contributed by atoms with E-state index in [2.05, 4.69) is 120 Å². The zero-order valence-corrected chi connectivity index (χ0v) is 37.4. The molecule has 7 nitrogen and oxygen atoms in total. The average molecular weight is 791 g/mol. The first-order chi connectivity index (χ1) is 25.3. The first-order valence-corrected chi connectivity index (χ1v) is 22.9. The molecule has 0 aromatic carbocycles. The molecule has 3 N–H and O–H groups in total. The lowest BCUT2D eigenvalue weighted by Crippen LogP contribution is -1.94. The predicted octanol–water partition coefficient (Wildman–Crippen LogP) is 15.0. The highest BCUT2D eigenvalue weighted by molar-refractivity contribution is 7.60. The highest BCUT2D eigenvalue weighted by Crippen LogP contribution is 2.57. The Kier molecular flexibility index (Phi) is 28.9. The van der Waals surface area contributed by atoms with E-state index in [1.54, 1.807) is 6.08 Å². The molecule has 0 rings (SSSR count). The van der Waals surface area contributed by atoms with Crippen molar-refractivity contribution in [1.82, 2.24) is 0 Å². The van der Waals surface area contributed by atoms with Crippen LogP contribution in [0.3, 0.4) is 0 Å². The number of phosphoric acid groups is 2. The normalized spacial score (nSPS) is 15.9. The molecule has 308 valence electrons. The van der Waals surface area contributed by atoms with E-state index in [9.17, 15) is 14.0 Å². The third-order valence-electron chi connectivity index (χ3n) is 9.19. The molecule has 0 aromatic heterocycles. The molecule has 0 fully saturated rings. The van der Waals surface area contributed by atoms with Gasteiger partial charge in [-0.3, -0.25) is 4.52 Å². The maximum absolute atomic E-state index is 11.5. The molecule has 1 atom stereocenters. The standard InChI is InChI=1S/C45H76O7P2/c1-37(2)19-11-20-38(3)21-12-22-39(4)23-13-24-40(5)25-14-26-41(6)27-15-28-42(7)29-16-30-43(8)31-17-32-44(9)33-18-34-45(10)35-36-51-54(49,50)52-53(46,47)48/h19,21,23,25,27,29,31,33,35H,11-18,20,22,24,26,28,30,32,34,36H2,1-10H3,(H,49,50)(H2,46,47,48)/b38-21+,39-23+,40-25-,41-27+,42-29+,43-31+,44-33-,45-35+. The summed E-state index contributed by atoms with van der Waals surface area (Å²) in [5.74, 6) is 0. The van der Waals surface area contributed by atoms with Crippen molar-refractivity contribution in [3.05, 3.63) is 105 Å². The molecular formula is C45H76O7P2. The second-order valence-corrected chi connectivity index (χ2v) is 18.2. The fourth-order valence-electron chi connectivity index (χ4n) is 5.66. The van der Waals surface area contributed by atoms with Crippen LogP contribution < -0.4 is 0 Å². The van der Waals surface area contributed by atoms with E-state index >= 15 is 0 Å². The van der Waals surface area contributed by atoms with Crippen LogP contribution in [0.4, 0.5) is 0 Å². The molecule has 0 saturated carbocycles. The predicted molar refractivity (Wildman–Crippen MR) is 232 cm³/mol. The lowest BCUT2D eigenvalue weighted by atomic mass is 10.0. The van der Waals surface area contributed by atoms with E-state index in [4.69, 9.17) is 9.79 Å². The minimum Gasteiger partial charge on any atom is -0.302 e. The molecule has 0 aliphatic carbocycles. The van der Waals surface area contributed by atoms with Crippen LogP contribution in [0.5, 0.6) is 0 Å². The van der Waals surface area contributed by atoms with Gasteiger partial charge in [0.15, 0.2) is 0 Å². The maximum Gasteiger partial charge on any atom is 0.481 e. The Bertz CT molecular complexity index is 1470. The van der Waals surface area contributed by atoms with Gasteiger partial charge in [-0.25, -0.2) is 9.13 Å². The monoisotopic (exact) mass is 791 g/mol. The maximum atomic E-state index is 11.5. The van der Waals surface area contributed by atoms with Crippen molar-refractivity contribution in [3.8, 4) is 0 Å². The van der Waals surface area contributed by atoms with Crippen LogP contribution in [0.2, 0.25) is 0 Å². The van der Waals surface area contributed by atoms with E-state index in [1.807, 2.05) is 6.92 Å². The number of hydrogen-bond acceptors (Lipinski definition) is 4. The van der Waals surface area contributed by atoms with Crippen molar-refractivity contribution in [2.45, 2.75) is 172 Å². The van der Waals surface area contributed by atoms with Crippen LogP contribution in [0.15, 0.2) is 105 Å². The number of rotatable bonds is 29. The highest BCUT2D eigenvalue weighted by Gasteiger charge is 2.31. The van der Waals surface area contributed by atoms with Gasteiger partial charge in [0.05, 0.1) is 6.61 Å². The summed E-state index contributed by atoms with van der Waals surface area (Å²) in [5.41, 5.74) is 12.6. The van der Waals surface area contributed by atoms with Gasteiger partial charge in [-0.2, -0.15) is 4.31 Å². The molecule has 0 bridgehead atoms. The Morgan fingerprint density at radius 1 is 0.389 bits per heavy atom. The van der Waals surface area contributed by atoms with Crippen LogP contribution in [-0.4, -0.2) is 21.3 Å². The molecule has 0 amide bonds. The Morgan fingerprint density at radius 3 is 0.833 bits per heavy atom. The minimum atomic E-state index is -5.11. The Hall–Kier alpha value is -2.08. The zero-order valence-electron chi connectivity index (χ0n) is 35.6. The van der Waals surface area contributed by atoms with Crippen molar-refractivity contribution in [2.24, 2.45) is 0 Å². The van der Waals surface area contributed by atoms with Crippen LogP contribution in [0.25, 0.3) is 0 Å². The van der Waals surface area contributed by atoms with Crippen molar-refractivity contribution < 1.29 is 32.6 Å². The van der Waals surface area contributed by atoms with E-state index in [0.717, 1.165) is 102 Å². The topological polar surface area (TPSA) is 113 Å².